The molecule has 1 rings (SSSR count). The Morgan fingerprint density at radius 3 is 2.56 bits per heavy atom. The lowest BCUT2D eigenvalue weighted by atomic mass is 9.61. The smallest absolute Gasteiger partial charge is 0.0551 e. The van der Waals surface area contributed by atoms with Gasteiger partial charge in [-0.25, -0.2) is 0 Å². The predicted octanol–water partition coefficient (Wildman–Crippen LogP) is 4.96. The predicted molar refractivity (Wildman–Crippen MR) is 73.8 cm³/mol. The average molecular weight is 239 g/mol. The van der Waals surface area contributed by atoms with Gasteiger partial charge in [-0.1, -0.05) is 57.2 Å². The second kappa shape index (κ2) is 4.79. The molecule has 0 amide bonds. The number of alkyl halides is 1. The summed E-state index contributed by atoms with van der Waals surface area (Å²) in [6.07, 6.45) is 5.33. The molecule has 0 saturated heterocycles. The molecule has 16 heavy (non-hydrogen) atoms. The van der Waals surface area contributed by atoms with Crippen LogP contribution in [0.3, 0.4) is 0 Å². The molecule has 1 fully saturated rings. The molecule has 90 valence electrons. The topological polar surface area (TPSA) is 0 Å². The summed E-state index contributed by atoms with van der Waals surface area (Å²) < 4.78 is 0. The minimum Gasteiger partial charge on any atom is -0.118 e. The second-order valence-corrected chi connectivity index (χ2v) is 6.21. The highest BCUT2D eigenvalue weighted by Crippen LogP contribution is 2.49. The zero-order chi connectivity index (χ0) is 12.5. The van der Waals surface area contributed by atoms with Crippen molar-refractivity contribution in [1.82, 2.24) is 0 Å². The highest BCUT2D eigenvalue weighted by Gasteiger charge is 2.41. The molecule has 0 aromatic rings. The van der Waals surface area contributed by atoms with Gasteiger partial charge in [0.15, 0.2) is 0 Å². The maximum absolute atomic E-state index is 6.34. The summed E-state index contributed by atoms with van der Waals surface area (Å²) in [6, 6.07) is 0. The Balaban J connectivity index is 2.99. The molecule has 0 aromatic carbocycles. The van der Waals surface area contributed by atoms with Gasteiger partial charge in [-0.15, -0.1) is 11.6 Å². The van der Waals surface area contributed by atoms with Gasteiger partial charge in [0.1, 0.15) is 0 Å². The molecule has 1 heteroatoms. The van der Waals surface area contributed by atoms with Crippen molar-refractivity contribution in [3.8, 4) is 0 Å². The Morgan fingerprint density at radius 1 is 1.50 bits per heavy atom. The standard InChI is InChI=1S/C15H23Cl/c1-10(2)7-8-13-12(4)14(16)9-11(3)15(13,5)6/h7-8,11,13-14H,1,4,9H2,2-3,5-6H3/b8-7+. The molecule has 1 aliphatic rings. The average Bonchev–Trinajstić information content (AvgIpc) is 2.14. The Morgan fingerprint density at radius 2 is 2.06 bits per heavy atom. The molecule has 0 aromatic heterocycles. The molecule has 0 radical (unpaired) electrons. The first kappa shape index (κ1) is 13.6. The molecule has 1 saturated carbocycles. The van der Waals surface area contributed by atoms with Crippen LogP contribution in [-0.4, -0.2) is 5.38 Å². The molecular formula is C15H23Cl. The lowest BCUT2D eigenvalue weighted by molar-refractivity contribution is 0.143. The molecule has 3 atom stereocenters. The lowest BCUT2D eigenvalue weighted by Crippen LogP contribution is -2.39. The summed E-state index contributed by atoms with van der Waals surface area (Å²) in [6.45, 7) is 17.0. The van der Waals surface area contributed by atoms with Gasteiger partial charge in [-0.05, 0) is 24.7 Å². The van der Waals surface area contributed by atoms with E-state index in [1.807, 2.05) is 6.92 Å². The van der Waals surface area contributed by atoms with Crippen LogP contribution >= 0.6 is 11.6 Å². The zero-order valence-corrected chi connectivity index (χ0v) is 11.6. The van der Waals surface area contributed by atoms with Crippen LogP contribution in [0, 0.1) is 17.3 Å². The molecule has 0 aliphatic heterocycles. The first-order chi connectivity index (χ1) is 7.26. The van der Waals surface area contributed by atoms with Gasteiger partial charge in [0.05, 0.1) is 5.38 Å². The van der Waals surface area contributed by atoms with Gasteiger partial charge in [-0.3, -0.25) is 0 Å². The number of halogens is 1. The Kier molecular flexibility index (Phi) is 4.07. The Labute approximate surface area is 105 Å². The number of allylic oxidation sites excluding steroid dienone is 4. The van der Waals surface area contributed by atoms with Gasteiger partial charge in [0.2, 0.25) is 0 Å². The van der Waals surface area contributed by atoms with E-state index >= 15 is 0 Å². The largest absolute Gasteiger partial charge is 0.118 e. The first-order valence-corrected chi connectivity index (χ1v) is 6.37. The summed E-state index contributed by atoms with van der Waals surface area (Å²) in [5.41, 5.74) is 2.46. The van der Waals surface area contributed by atoms with Gasteiger partial charge in [0.25, 0.3) is 0 Å². The van der Waals surface area contributed by atoms with Crippen molar-refractivity contribution in [2.24, 2.45) is 17.3 Å². The minimum absolute atomic E-state index is 0.114. The van der Waals surface area contributed by atoms with E-state index in [0.717, 1.165) is 17.6 Å². The van der Waals surface area contributed by atoms with Crippen LogP contribution in [0.4, 0.5) is 0 Å². The van der Waals surface area contributed by atoms with Gasteiger partial charge >= 0.3 is 0 Å². The number of rotatable bonds is 2. The van der Waals surface area contributed by atoms with Crippen molar-refractivity contribution in [2.45, 2.75) is 39.5 Å². The summed E-state index contributed by atoms with van der Waals surface area (Å²) in [5.74, 6) is 0.968. The van der Waals surface area contributed by atoms with Crippen molar-refractivity contribution in [3.63, 3.8) is 0 Å². The minimum atomic E-state index is 0.114. The monoisotopic (exact) mass is 238 g/mol. The fourth-order valence-electron chi connectivity index (χ4n) is 2.38. The van der Waals surface area contributed by atoms with Crippen LogP contribution in [0.25, 0.3) is 0 Å². The van der Waals surface area contributed by atoms with Crippen molar-refractivity contribution < 1.29 is 0 Å². The van der Waals surface area contributed by atoms with E-state index in [1.165, 1.54) is 0 Å². The molecule has 0 bridgehead atoms. The Hall–Kier alpha value is -0.490. The van der Waals surface area contributed by atoms with Crippen LogP contribution in [-0.2, 0) is 0 Å². The number of hydrogen-bond donors (Lipinski definition) is 0. The van der Waals surface area contributed by atoms with E-state index in [9.17, 15) is 0 Å². The van der Waals surface area contributed by atoms with E-state index in [4.69, 9.17) is 11.6 Å². The molecule has 0 nitrogen and oxygen atoms in total. The number of hydrogen-bond acceptors (Lipinski definition) is 0. The van der Waals surface area contributed by atoms with Crippen LogP contribution in [0.1, 0.15) is 34.1 Å². The van der Waals surface area contributed by atoms with Crippen molar-refractivity contribution in [2.75, 3.05) is 0 Å². The fourth-order valence-corrected chi connectivity index (χ4v) is 2.78. The third kappa shape index (κ3) is 2.60. The quantitative estimate of drug-likeness (QED) is 0.362. The van der Waals surface area contributed by atoms with E-state index in [0.29, 0.717) is 11.8 Å². The van der Waals surface area contributed by atoms with Crippen molar-refractivity contribution in [1.29, 1.82) is 0 Å². The SMILES string of the molecule is C=C(C)/C=C/C1C(=C)C(Cl)CC(C)C1(C)C. The maximum Gasteiger partial charge on any atom is 0.0551 e. The summed E-state index contributed by atoms with van der Waals surface area (Å²) in [5, 5.41) is 0.114. The first-order valence-electron chi connectivity index (χ1n) is 5.93. The van der Waals surface area contributed by atoms with Crippen molar-refractivity contribution in [3.05, 3.63) is 36.5 Å². The highest BCUT2D eigenvalue weighted by molar-refractivity contribution is 6.22. The van der Waals surface area contributed by atoms with E-state index in [-0.39, 0.29) is 10.8 Å². The molecule has 3 unspecified atom stereocenters. The lowest BCUT2D eigenvalue weighted by Gasteiger charge is -2.46. The Bertz CT molecular complexity index is 322. The highest BCUT2D eigenvalue weighted by atomic mass is 35.5. The normalized spacial score (nSPS) is 34.3. The van der Waals surface area contributed by atoms with Crippen LogP contribution in [0.5, 0.6) is 0 Å². The molecule has 0 N–H and O–H groups in total. The summed E-state index contributed by atoms with van der Waals surface area (Å²) in [7, 11) is 0. The maximum atomic E-state index is 6.34. The van der Waals surface area contributed by atoms with E-state index in [2.05, 4.69) is 46.1 Å². The molecule has 0 heterocycles. The van der Waals surface area contributed by atoms with E-state index in [1.54, 1.807) is 0 Å². The van der Waals surface area contributed by atoms with Crippen LogP contribution in [0.15, 0.2) is 36.5 Å². The third-order valence-corrected chi connectivity index (χ3v) is 4.47. The summed E-state index contributed by atoms with van der Waals surface area (Å²) >= 11 is 6.34. The zero-order valence-electron chi connectivity index (χ0n) is 10.9. The van der Waals surface area contributed by atoms with Crippen LogP contribution < -0.4 is 0 Å². The van der Waals surface area contributed by atoms with Crippen molar-refractivity contribution >= 4 is 11.6 Å². The van der Waals surface area contributed by atoms with E-state index < -0.39 is 0 Å². The summed E-state index contributed by atoms with van der Waals surface area (Å²) in [4.78, 5) is 0. The third-order valence-electron chi connectivity index (χ3n) is 4.01. The second-order valence-electron chi connectivity index (χ2n) is 5.68. The molecular weight excluding hydrogens is 216 g/mol. The van der Waals surface area contributed by atoms with Gasteiger partial charge in [-0.2, -0.15) is 0 Å². The van der Waals surface area contributed by atoms with Crippen LogP contribution in [0.2, 0.25) is 0 Å². The van der Waals surface area contributed by atoms with Gasteiger partial charge in [0, 0.05) is 5.92 Å². The van der Waals surface area contributed by atoms with Gasteiger partial charge < -0.3 is 0 Å². The molecule has 0 spiro atoms. The molecule has 1 aliphatic carbocycles. The fraction of sp³-hybridized carbons (Fsp3) is 0.600.